The van der Waals surface area contributed by atoms with Gasteiger partial charge in [0.05, 0.1) is 6.54 Å². The van der Waals surface area contributed by atoms with E-state index in [1.54, 1.807) is 32.9 Å². The summed E-state index contributed by atoms with van der Waals surface area (Å²) < 4.78 is 52.3. The van der Waals surface area contributed by atoms with Crippen LogP contribution in [0.4, 0.5) is 18.0 Å². The molecule has 37 heavy (non-hydrogen) atoms. The average molecular weight is 537 g/mol. The second kappa shape index (κ2) is 12.0. The third-order valence-electron chi connectivity index (χ3n) is 4.95. The summed E-state index contributed by atoms with van der Waals surface area (Å²) in [5.41, 5.74) is 6.59. The van der Waals surface area contributed by atoms with E-state index in [1.807, 2.05) is 0 Å². The lowest BCUT2D eigenvalue weighted by Crippen LogP contribution is -2.44. The van der Waals surface area contributed by atoms with Crippen LogP contribution in [0.1, 0.15) is 32.4 Å². The second-order valence-electron chi connectivity index (χ2n) is 9.05. The molecule has 1 aliphatic rings. The maximum absolute atomic E-state index is 13.9. The molecule has 3 N–H and O–H groups in total. The van der Waals surface area contributed by atoms with E-state index in [1.165, 1.54) is 47.5 Å². The molecule has 0 bridgehead atoms. The summed E-state index contributed by atoms with van der Waals surface area (Å²) in [6.07, 6.45) is 0.688. The highest BCUT2D eigenvalue weighted by atomic mass is 32.2. The fourth-order valence-electron chi connectivity index (χ4n) is 3.36. The largest absolute Gasteiger partial charge is 0.444 e. The molecule has 0 saturated heterocycles. The van der Waals surface area contributed by atoms with Crippen molar-refractivity contribution in [3.05, 3.63) is 71.2 Å². The minimum Gasteiger partial charge on any atom is -0.444 e. The molecule has 1 atom stereocenters. The Balaban J connectivity index is 1.67. The molecule has 0 aromatic heterocycles. The highest BCUT2D eigenvalue weighted by molar-refractivity contribution is 7.98. The van der Waals surface area contributed by atoms with Crippen LogP contribution in [0, 0.1) is 5.82 Å². The first-order chi connectivity index (χ1) is 17.4. The Morgan fingerprint density at radius 2 is 1.86 bits per heavy atom. The molecule has 0 aliphatic carbocycles. The van der Waals surface area contributed by atoms with Crippen LogP contribution in [-0.2, 0) is 9.53 Å². The maximum Gasteiger partial charge on any atom is 0.408 e. The van der Waals surface area contributed by atoms with Crippen LogP contribution in [0.15, 0.2) is 69.1 Å². The zero-order valence-electron chi connectivity index (χ0n) is 20.4. The van der Waals surface area contributed by atoms with Crippen molar-refractivity contribution in [3.63, 3.8) is 0 Å². The van der Waals surface area contributed by atoms with Crippen LogP contribution in [-0.4, -0.2) is 48.4 Å². The van der Waals surface area contributed by atoms with E-state index in [4.69, 9.17) is 10.5 Å². The molecular formula is C25H27F3N4O4S. The topological polar surface area (TPSA) is 106 Å². The monoisotopic (exact) mass is 536 g/mol. The summed E-state index contributed by atoms with van der Waals surface area (Å²) in [6, 6.07) is 10.1. The van der Waals surface area contributed by atoms with Gasteiger partial charge >= 0.3 is 12.7 Å². The van der Waals surface area contributed by atoms with E-state index in [2.05, 4.69) is 14.5 Å². The zero-order chi connectivity index (χ0) is 27.2. The summed E-state index contributed by atoms with van der Waals surface area (Å²) >= 11 is 1.08. The van der Waals surface area contributed by atoms with Gasteiger partial charge in [0.15, 0.2) is 0 Å². The Morgan fingerprint density at radius 1 is 1.16 bits per heavy atom. The quantitative estimate of drug-likeness (QED) is 0.370. The standard InChI is InChI=1S/C25H27F3N4O4S/c1-25(2,3)36-24(34)31-21(15-5-4-6-17(26)11-15)22(33)32-13-16(20(29)14-32)12-30-37-19-9-7-18(8-10-19)35-23(27)28/h4-12,21,23H,13-14,29H2,1-3H3,(H,31,34)/b30-12+. The van der Waals surface area contributed by atoms with Crippen LogP contribution in [0.2, 0.25) is 0 Å². The number of ether oxygens (including phenoxy) is 2. The number of hydrogen-bond acceptors (Lipinski definition) is 7. The number of benzene rings is 2. The summed E-state index contributed by atoms with van der Waals surface area (Å²) in [7, 11) is 0. The minimum absolute atomic E-state index is 0.0353. The van der Waals surface area contributed by atoms with E-state index in [0.29, 0.717) is 16.2 Å². The van der Waals surface area contributed by atoms with Crippen LogP contribution in [0.3, 0.4) is 0 Å². The van der Waals surface area contributed by atoms with Gasteiger partial charge in [0, 0.05) is 40.9 Å². The smallest absolute Gasteiger partial charge is 0.408 e. The number of halogens is 3. The molecule has 3 rings (SSSR count). The summed E-state index contributed by atoms with van der Waals surface area (Å²) in [5, 5.41) is 2.53. The Labute approximate surface area is 216 Å². The van der Waals surface area contributed by atoms with E-state index < -0.39 is 36.1 Å². The van der Waals surface area contributed by atoms with Crippen LogP contribution in [0.25, 0.3) is 0 Å². The molecule has 1 heterocycles. The molecule has 2 amide bonds. The highest BCUT2D eigenvalue weighted by Gasteiger charge is 2.33. The molecule has 1 unspecified atom stereocenters. The summed E-state index contributed by atoms with van der Waals surface area (Å²) in [4.78, 5) is 27.9. The van der Waals surface area contributed by atoms with Gasteiger partial charge in [-0.1, -0.05) is 12.1 Å². The predicted molar refractivity (Wildman–Crippen MR) is 134 cm³/mol. The van der Waals surface area contributed by atoms with Gasteiger partial charge in [0.1, 0.15) is 23.2 Å². The van der Waals surface area contributed by atoms with E-state index >= 15 is 0 Å². The van der Waals surface area contributed by atoms with Crippen molar-refractivity contribution in [1.29, 1.82) is 0 Å². The van der Waals surface area contributed by atoms with Crippen molar-refractivity contribution in [2.24, 2.45) is 10.1 Å². The number of rotatable bonds is 8. The molecule has 2 aromatic rings. The number of alkyl halides is 2. The first kappa shape index (κ1) is 27.9. The Morgan fingerprint density at radius 3 is 2.49 bits per heavy atom. The fraction of sp³-hybridized carbons (Fsp3) is 0.320. The van der Waals surface area contributed by atoms with Gasteiger partial charge in [-0.25, -0.2) is 13.6 Å². The van der Waals surface area contributed by atoms with Crippen molar-refractivity contribution in [3.8, 4) is 5.75 Å². The number of amides is 2. The second-order valence-corrected chi connectivity index (χ2v) is 9.92. The molecular weight excluding hydrogens is 509 g/mol. The van der Waals surface area contributed by atoms with Gasteiger partial charge in [-0.2, -0.15) is 8.78 Å². The normalized spacial score (nSPS) is 14.8. The van der Waals surface area contributed by atoms with Crippen LogP contribution in [0.5, 0.6) is 5.75 Å². The van der Waals surface area contributed by atoms with Crippen molar-refractivity contribution in [2.45, 2.75) is 43.9 Å². The number of nitrogens with zero attached hydrogens (tertiary/aromatic N) is 2. The average Bonchev–Trinajstić information content (AvgIpc) is 3.17. The summed E-state index contributed by atoms with van der Waals surface area (Å²) in [6.45, 7) is 2.37. The Bertz CT molecular complexity index is 1180. The van der Waals surface area contributed by atoms with Crippen LogP contribution < -0.4 is 15.8 Å². The maximum atomic E-state index is 13.9. The molecule has 8 nitrogen and oxygen atoms in total. The summed E-state index contributed by atoms with van der Waals surface area (Å²) in [5.74, 6) is -1.02. The van der Waals surface area contributed by atoms with E-state index in [0.717, 1.165) is 11.9 Å². The molecule has 0 radical (unpaired) electrons. The van der Waals surface area contributed by atoms with E-state index in [9.17, 15) is 22.8 Å². The Hall–Kier alpha value is -3.67. The molecule has 0 spiro atoms. The molecule has 12 heteroatoms. The lowest BCUT2D eigenvalue weighted by atomic mass is 10.1. The molecule has 2 aromatic carbocycles. The van der Waals surface area contributed by atoms with Gasteiger partial charge in [-0.15, -0.1) is 0 Å². The van der Waals surface area contributed by atoms with Gasteiger partial charge in [-0.05, 0) is 62.7 Å². The number of carbonyl (C=O) groups is 2. The lowest BCUT2D eigenvalue weighted by molar-refractivity contribution is -0.132. The zero-order valence-corrected chi connectivity index (χ0v) is 21.2. The fourth-order valence-corrected chi connectivity index (χ4v) is 3.92. The molecule has 0 fully saturated rings. The third kappa shape index (κ3) is 8.45. The van der Waals surface area contributed by atoms with Crippen molar-refractivity contribution in [1.82, 2.24) is 10.2 Å². The van der Waals surface area contributed by atoms with Gasteiger partial charge in [-0.3, -0.25) is 4.79 Å². The first-order valence-corrected chi connectivity index (χ1v) is 11.9. The van der Waals surface area contributed by atoms with Crippen molar-refractivity contribution < 1.29 is 32.2 Å². The van der Waals surface area contributed by atoms with Crippen LogP contribution >= 0.6 is 11.9 Å². The number of nitrogens with two attached hydrogens (primary N) is 1. The van der Waals surface area contributed by atoms with Crippen molar-refractivity contribution >= 4 is 30.2 Å². The van der Waals surface area contributed by atoms with E-state index in [-0.39, 0.29) is 24.4 Å². The molecule has 0 saturated carbocycles. The number of nitrogens with one attached hydrogen (secondary N) is 1. The number of carbonyl (C=O) groups excluding carboxylic acids is 2. The van der Waals surface area contributed by atoms with Gasteiger partial charge in [0.25, 0.3) is 5.91 Å². The Kier molecular flexibility index (Phi) is 9.09. The van der Waals surface area contributed by atoms with Gasteiger partial charge in [0.2, 0.25) is 0 Å². The predicted octanol–water partition coefficient (Wildman–Crippen LogP) is 4.83. The van der Waals surface area contributed by atoms with Gasteiger partial charge < -0.3 is 25.4 Å². The first-order valence-electron chi connectivity index (χ1n) is 11.2. The SMILES string of the molecule is CC(C)(C)OC(=O)NC(C(=O)N1CC(N)=C(/C=N/Sc2ccc(OC(F)F)cc2)C1)c1cccc(F)c1. The number of hydrogen-bond donors (Lipinski definition) is 2. The molecule has 198 valence electrons. The van der Waals surface area contributed by atoms with Crippen molar-refractivity contribution in [2.75, 3.05) is 13.1 Å². The third-order valence-corrected chi connectivity index (χ3v) is 5.65. The minimum atomic E-state index is -2.90. The molecule has 1 aliphatic heterocycles. The highest BCUT2D eigenvalue weighted by Crippen LogP contribution is 2.25. The lowest BCUT2D eigenvalue weighted by Gasteiger charge is -2.26. The number of alkyl carbamates (subject to hydrolysis) is 1.